The van der Waals surface area contributed by atoms with Crippen molar-refractivity contribution in [2.45, 2.75) is 0 Å². The highest BCUT2D eigenvalue weighted by Gasteiger charge is 1.95. The first-order chi connectivity index (χ1) is 9.72. The Labute approximate surface area is 114 Å². The van der Waals surface area contributed by atoms with Gasteiger partial charge in [-0.25, -0.2) is 0 Å². The van der Waals surface area contributed by atoms with E-state index < -0.39 is 0 Å². The predicted molar refractivity (Wildman–Crippen MR) is 78.8 cm³/mol. The van der Waals surface area contributed by atoms with Gasteiger partial charge in [0.05, 0.1) is 11.7 Å². The summed E-state index contributed by atoms with van der Waals surface area (Å²) in [5.74, 6) is 0. The number of benzene rings is 2. The minimum atomic E-state index is 0.710. The summed E-state index contributed by atoms with van der Waals surface area (Å²) in [5.41, 5.74) is 15.1. The molecule has 0 aliphatic heterocycles. The van der Waals surface area contributed by atoms with Gasteiger partial charge in [-0.2, -0.15) is 20.5 Å². The van der Waals surface area contributed by atoms with Crippen molar-refractivity contribution in [1.29, 1.82) is 0 Å². The van der Waals surface area contributed by atoms with Gasteiger partial charge in [0.2, 0.25) is 0 Å². The summed E-state index contributed by atoms with van der Waals surface area (Å²) >= 11 is 0. The van der Waals surface area contributed by atoms with Gasteiger partial charge in [0.1, 0.15) is 11.0 Å². The van der Waals surface area contributed by atoms with E-state index in [0.29, 0.717) is 5.69 Å². The van der Waals surface area contributed by atoms with Gasteiger partial charge >= 0.3 is 0 Å². The molecular formula is C13H13N7. The second kappa shape index (κ2) is 4.88. The van der Waals surface area contributed by atoms with E-state index in [9.17, 15) is 0 Å². The first-order valence-electron chi connectivity index (χ1n) is 5.97. The van der Waals surface area contributed by atoms with Gasteiger partial charge in [0, 0.05) is 16.8 Å². The van der Waals surface area contributed by atoms with Crippen molar-refractivity contribution in [1.82, 2.24) is 25.6 Å². The zero-order valence-electron chi connectivity index (χ0n) is 10.5. The number of nitrogens with two attached hydrogens (primary N) is 2. The van der Waals surface area contributed by atoms with Crippen molar-refractivity contribution in [3.05, 3.63) is 42.6 Å². The molecule has 0 fully saturated rings. The molecule has 4 rings (SSSR count). The summed E-state index contributed by atoms with van der Waals surface area (Å²) in [6.45, 7) is 0. The van der Waals surface area contributed by atoms with Crippen molar-refractivity contribution >= 4 is 33.3 Å². The third-order valence-corrected chi connectivity index (χ3v) is 2.81. The number of rotatable bonds is 0. The Bertz CT molecular complexity index is 774. The molecule has 4 aromatic rings. The fourth-order valence-electron chi connectivity index (χ4n) is 1.81. The van der Waals surface area contributed by atoms with Crippen molar-refractivity contribution in [2.75, 3.05) is 11.5 Å². The largest absolute Gasteiger partial charge is 0.399 e. The molecule has 0 saturated carbocycles. The summed E-state index contributed by atoms with van der Waals surface area (Å²) < 4.78 is 0. The maximum Gasteiger partial charge on any atom is 0.115 e. The van der Waals surface area contributed by atoms with Gasteiger partial charge in [0.25, 0.3) is 0 Å². The summed E-state index contributed by atoms with van der Waals surface area (Å²) in [6.07, 6.45) is 1.77. The number of hydrogen-bond acceptors (Lipinski definition) is 5. The van der Waals surface area contributed by atoms with Crippen LogP contribution in [-0.2, 0) is 0 Å². The summed E-state index contributed by atoms with van der Waals surface area (Å²) in [7, 11) is 0. The third-order valence-electron chi connectivity index (χ3n) is 2.81. The van der Waals surface area contributed by atoms with Gasteiger partial charge in [-0.3, -0.25) is 5.10 Å². The fourth-order valence-corrected chi connectivity index (χ4v) is 1.81. The lowest BCUT2D eigenvalue weighted by Gasteiger charge is -1.89. The van der Waals surface area contributed by atoms with Crippen LogP contribution in [0.5, 0.6) is 0 Å². The zero-order valence-corrected chi connectivity index (χ0v) is 10.5. The lowest BCUT2D eigenvalue weighted by molar-refractivity contribution is 0.959. The molecular weight excluding hydrogens is 254 g/mol. The SMILES string of the molecule is Nc1ccc2cn[nH]c2c1.Nc1ccc2n[nH]nc2c1. The van der Waals surface area contributed by atoms with Crippen molar-refractivity contribution in [3.8, 4) is 0 Å². The molecule has 100 valence electrons. The molecule has 2 aromatic carbocycles. The highest BCUT2D eigenvalue weighted by molar-refractivity contribution is 5.81. The zero-order chi connectivity index (χ0) is 13.9. The van der Waals surface area contributed by atoms with Gasteiger partial charge < -0.3 is 11.5 Å². The molecule has 2 heterocycles. The number of anilines is 2. The molecule has 0 amide bonds. The average molecular weight is 267 g/mol. The first kappa shape index (κ1) is 12.0. The standard InChI is InChI=1S/C7H7N3.C6H6N4/c8-6-2-1-5-4-9-10-7(5)3-6;7-4-1-2-5-6(3-4)9-10-8-5/h1-4H,8H2,(H,9,10);1-3H,7H2,(H,8,9,10). The van der Waals surface area contributed by atoms with Crippen molar-refractivity contribution < 1.29 is 0 Å². The van der Waals surface area contributed by atoms with Gasteiger partial charge in [-0.15, -0.1) is 0 Å². The lowest BCUT2D eigenvalue weighted by atomic mass is 10.2. The van der Waals surface area contributed by atoms with Gasteiger partial charge in [-0.05, 0) is 36.4 Å². The Balaban J connectivity index is 0.000000121. The second-order valence-corrected chi connectivity index (χ2v) is 4.29. The van der Waals surface area contributed by atoms with Crippen LogP contribution in [0.3, 0.4) is 0 Å². The monoisotopic (exact) mass is 267 g/mol. The van der Waals surface area contributed by atoms with E-state index in [4.69, 9.17) is 11.5 Å². The third kappa shape index (κ3) is 2.37. The van der Waals surface area contributed by atoms with E-state index in [1.807, 2.05) is 24.3 Å². The molecule has 6 N–H and O–H groups in total. The smallest absolute Gasteiger partial charge is 0.115 e. The number of hydrogen-bond donors (Lipinski definition) is 4. The number of nitrogen functional groups attached to an aromatic ring is 2. The topological polar surface area (TPSA) is 122 Å². The van der Waals surface area contributed by atoms with Gasteiger partial charge in [0.15, 0.2) is 0 Å². The van der Waals surface area contributed by atoms with Crippen LogP contribution in [-0.4, -0.2) is 25.6 Å². The van der Waals surface area contributed by atoms with Crippen LogP contribution in [0.1, 0.15) is 0 Å². The number of nitrogens with zero attached hydrogens (tertiary/aromatic N) is 3. The fraction of sp³-hybridized carbons (Fsp3) is 0. The highest BCUT2D eigenvalue weighted by Crippen LogP contribution is 2.13. The molecule has 0 aliphatic carbocycles. The van der Waals surface area contributed by atoms with Gasteiger partial charge in [-0.1, -0.05) is 0 Å². The Hall–Kier alpha value is -3.09. The molecule has 0 saturated heterocycles. The van der Waals surface area contributed by atoms with E-state index in [-0.39, 0.29) is 0 Å². The van der Waals surface area contributed by atoms with Crippen LogP contribution in [0.4, 0.5) is 11.4 Å². The van der Waals surface area contributed by atoms with E-state index in [2.05, 4.69) is 25.6 Å². The molecule has 0 unspecified atom stereocenters. The molecule has 7 heteroatoms. The van der Waals surface area contributed by atoms with Crippen molar-refractivity contribution in [2.24, 2.45) is 0 Å². The quantitative estimate of drug-likeness (QED) is 0.361. The maximum atomic E-state index is 5.54. The highest BCUT2D eigenvalue weighted by atomic mass is 15.3. The Kier molecular flexibility index (Phi) is 2.92. The maximum absolute atomic E-state index is 5.54. The van der Waals surface area contributed by atoms with Crippen LogP contribution in [0.2, 0.25) is 0 Å². The van der Waals surface area contributed by atoms with Crippen LogP contribution in [0.25, 0.3) is 21.9 Å². The number of aromatic amines is 2. The summed E-state index contributed by atoms with van der Waals surface area (Å²) in [5, 5.41) is 18.0. The normalized spacial score (nSPS) is 10.4. The molecule has 0 radical (unpaired) electrons. The molecule has 0 spiro atoms. The van der Waals surface area contributed by atoms with Crippen LogP contribution >= 0.6 is 0 Å². The Morgan fingerprint density at radius 2 is 1.60 bits per heavy atom. The van der Waals surface area contributed by atoms with Crippen LogP contribution in [0, 0.1) is 0 Å². The molecule has 0 atom stereocenters. The minimum absolute atomic E-state index is 0.710. The number of fused-ring (bicyclic) bond motifs is 2. The van der Waals surface area contributed by atoms with E-state index in [1.54, 1.807) is 18.3 Å². The van der Waals surface area contributed by atoms with E-state index in [1.165, 1.54) is 0 Å². The number of H-pyrrole nitrogens is 2. The molecule has 2 aromatic heterocycles. The van der Waals surface area contributed by atoms with Crippen LogP contribution < -0.4 is 11.5 Å². The first-order valence-corrected chi connectivity index (χ1v) is 5.97. The van der Waals surface area contributed by atoms with E-state index >= 15 is 0 Å². The summed E-state index contributed by atoms with van der Waals surface area (Å²) in [4.78, 5) is 0. The van der Waals surface area contributed by atoms with Crippen LogP contribution in [0.15, 0.2) is 42.6 Å². The predicted octanol–water partition coefficient (Wildman–Crippen LogP) is 1.69. The Morgan fingerprint density at radius 1 is 0.850 bits per heavy atom. The lowest BCUT2D eigenvalue weighted by Crippen LogP contribution is -1.82. The van der Waals surface area contributed by atoms with E-state index in [0.717, 1.165) is 27.6 Å². The molecule has 0 aliphatic rings. The molecule has 7 nitrogen and oxygen atoms in total. The minimum Gasteiger partial charge on any atom is -0.399 e. The Morgan fingerprint density at radius 3 is 2.50 bits per heavy atom. The van der Waals surface area contributed by atoms with Crippen molar-refractivity contribution in [3.63, 3.8) is 0 Å². The number of nitrogens with one attached hydrogen (secondary N) is 2. The average Bonchev–Trinajstić information content (AvgIpc) is 3.06. The molecule has 0 bridgehead atoms. The second-order valence-electron chi connectivity index (χ2n) is 4.29. The summed E-state index contributed by atoms with van der Waals surface area (Å²) in [6, 6.07) is 11.1. The molecule has 20 heavy (non-hydrogen) atoms. The number of aromatic nitrogens is 5.